The lowest BCUT2D eigenvalue weighted by Crippen LogP contribution is -2.59. The van der Waals surface area contributed by atoms with Crippen LogP contribution < -0.4 is 0 Å². The zero-order chi connectivity index (χ0) is 11.5. The van der Waals surface area contributed by atoms with Gasteiger partial charge in [0.25, 0.3) is 0 Å². The molecule has 0 aromatic rings. The first-order valence-corrected chi connectivity index (χ1v) is 5.50. The van der Waals surface area contributed by atoms with Crippen molar-refractivity contribution >= 4 is 11.8 Å². The van der Waals surface area contributed by atoms with Crippen molar-refractivity contribution in [1.29, 1.82) is 0 Å². The lowest BCUT2D eigenvalue weighted by atomic mass is 9.44. The maximum atomic E-state index is 12.0. The van der Waals surface area contributed by atoms with Crippen molar-refractivity contribution in [2.24, 2.45) is 16.2 Å². The SMILES string of the molecule is CC1(C)C[C@@]2(C(=O)O)CC[C@]1(C)C(=O)C2. The molecule has 0 heterocycles. The van der Waals surface area contributed by atoms with Crippen molar-refractivity contribution in [2.45, 2.75) is 46.5 Å². The average Bonchev–Trinajstić information content (AvgIpc) is 2.08. The monoisotopic (exact) mass is 210 g/mol. The van der Waals surface area contributed by atoms with Crippen LogP contribution in [-0.4, -0.2) is 16.9 Å². The van der Waals surface area contributed by atoms with E-state index in [1.165, 1.54) is 0 Å². The minimum atomic E-state index is -0.786. The summed E-state index contributed by atoms with van der Waals surface area (Å²) in [6, 6.07) is 0. The van der Waals surface area contributed by atoms with Gasteiger partial charge in [0, 0.05) is 11.8 Å². The van der Waals surface area contributed by atoms with Crippen LogP contribution in [0.5, 0.6) is 0 Å². The highest BCUT2D eigenvalue weighted by molar-refractivity contribution is 5.93. The number of aliphatic carboxylic acids is 1. The Kier molecular flexibility index (Phi) is 1.87. The minimum Gasteiger partial charge on any atom is -0.481 e. The topological polar surface area (TPSA) is 54.4 Å². The molecule has 0 unspecified atom stereocenters. The van der Waals surface area contributed by atoms with Gasteiger partial charge in [-0.05, 0) is 24.7 Å². The van der Waals surface area contributed by atoms with Gasteiger partial charge >= 0.3 is 5.97 Å². The van der Waals surface area contributed by atoms with Crippen LogP contribution in [0, 0.1) is 16.2 Å². The third-order valence-electron chi connectivity index (χ3n) is 4.95. The molecule has 15 heavy (non-hydrogen) atoms. The highest BCUT2D eigenvalue weighted by atomic mass is 16.4. The van der Waals surface area contributed by atoms with E-state index in [2.05, 4.69) is 0 Å². The first kappa shape index (κ1) is 10.7. The molecule has 0 aliphatic heterocycles. The molecule has 0 aromatic carbocycles. The zero-order valence-corrected chi connectivity index (χ0v) is 9.59. The predicted octanol–water partition coefficient (Wildman–Crippen LogP) is 2.25. The Labute approximate surface area is 89.9 Å². The van der Waals surface area contributed by atoms with Crippen molar-refractivity contribution < 1.29 is 14.7 Å². The molecule has 3 heteroatoms. The number of hydrogen-bond donors (Lipinski definition) is 1. The number of carbonyl (C=O) groups is 2. The van der Waals surface area contributed by atoms with Crippen LogP contribution in [0.2, 0.25) is 0 Å². The molecule has 0 spiro atoms. The summed E-state index contributed by atoms with van der Waals surface area (Å²) in [7, 11) is 0. The highest BCUT2D eigenvalue weighted by Gasteiger charge is 2.63. The third kappa shape index (κ3) is 1.12. The maximum Gasteiger partial charge on any atom is 0.310 e. The summed E-state index contributed by atoms with van der Waals surface area (Å²) in [5, 5.41) is 9.30. The van der Waals surface area contributed by atoms with Crippen molar-refractivity contribution in [3.63, 3.8) is 0 Å². The van der Waals surface area contributed by atoms with Gasteiger partial charge in [0.1, 0.15) is 5.78 Å². The molecule has 2 bridgehead atoms. The molecule has 3 aliphatic rings. The molecular weight excluding hydrogens is 192 g/mol. The second kappa shape index (κ2) is 2.63. The lowest BCUT2D eigenvalue weighted by molar-refractivity contribution is -0.179. The van der Waals surface area contributed by atoms with E-state index in [-0.39, 0.29) is 23.0 Å². The Morgan fingerprint density at radius 3 is 2.27 bits per heavy atom. The molecule has 3 rings (SSSR count). The van der Waals surface area contributed by atoms with Gasteiger partial charge in [0.15, 0.2) is 0 Å². The smallest absolute Gasteiger partial charge is 0.310 e. The summed E-state index contributed by atoms with van der Waals surface area (Å²) in [6.45, 7) is 6.06. The Bertz CT molecular complexity index is 345. The molecule has 0 aromatic heterocycles. The number of hydrogen-bond acceptors (Lipinski definition) is 2. The van der Waals surface area contributed by atoms with Gasteiger partial charge in [-0.15, -0.1) is 0 Å². The molecule has 0 saturated heterocycles. The van der Waals surface area contributed by atoms with E-state index in [0.29, 0.717) is 12.8 Å². The third-order valence-corrected chi connectivity index (χ3v) is 4.95. The van der Waals surface area contributed by atoms with E-state index in [0.717, 1.165) is 6.42 Å². The fourth-order valence-electron chi connectivity index (χ4n) is 3.39. The number of carboxylic acids is 1. The quantitative estimate of drug-likeness (QED) is 0.722. The molecule has 3 nitrogen and oxygen atoms in total. The standard InChI is InChI=1S/C12H18O3/c1-10(2)7-12(9(14)15)5-4-11(10,3)8(13)6-12/h4-7H2,1-3H3,(H,14,15)/t11-,12-/m1/s1. The number of Topliss-reactive ketones (excluding diaryl/α,β-unsaturated/α-hetero) is 1. The normalized spacial score (nSPS) is 43.0. The highest BCUT2D eigenvalue weighted by Crippen LogP contribution is 2.63. The van der Waals surface area contributed by atoms with E-state index in [1.54, 1.807) is 0 Å². The van der Waals surface area contributed by atoms with Crippen LogP contribution in [0.25, 0.3) is 0 Å². The molecule has 84 valence electrons. The lowest BCUT2D eigenvalue weighted by Gasteiger charge is -2.58. The summed E-state index contributed by atoms with van der Waals surface area (Å²) in [6.07, 6.45) is 2.26. The van der Waals surface area contributed by atoms with Crippen molar-refractivity contribution in [2.75, 3.05) is 0 Å². The van der Waals surface area contributed by atoms with Gasteiger partial charge in [-0.25, -0.2) is 0 Å². The Balaban J connectivity index is 2.47. The number of ketones is 1. The summed E-state index contributed by atoms with van der Waals surface area (Å²) in [4.78, 5) is 23.4. The van der Waals surface area contributed by atoms with Gasteiger partial charge in [0.2, 0.25) is 0 Å². The molecule has 1 N–H and O–H groups in total. The van der Waals surface area contributed by atoms with E-state index in [4.69, 9.17) is 0 Å². The van der Waals surface area contributed by atoms with E-state index < -0.39 is 11.4 Å². The summed E-state index contributed by atoms with van der Waals surface area (Å²) in [5.41, 5.74) is -1.25. The van der Waals surface area contributed by atoms with Gasteiger partial charge in [-0.1, -0.05) is 20.8 Å². The molecule has 3 aliphatic carbocycles. The van der Waals surface area contributed by atoms with Gasteiger partial charge in [-0.2, -0.15) is 0 Å². The van der Waals surface area contributed by atoms with Crippen LogP contribution in [-0.2, 0) is 9.59 Å². The number of carbonyl (C=O) groups excluding carboxylic acids is 1. The van der Waals surface area contributed by atoms with Gasteiger partial charge in [0.05, 0.1) is 5.41 Å². The van der Waals surface area contributed by atoms with Gasteiger partial charge in [-0.3, -0.25) is 9.59 Å². The van der Waals surface area contributed by atoms with Crippen molar-refractivity contribution in [3.8, 4) is 0 Å². The molecule has 3 saturated carbocycles. The fourth-order valence-corrected chi connectivity index (χ4v) is 3.39. The van der Waals surface area contributed by atoms with Crippen LogP contribution >= 0.6 is 0 Å². The fraction of sp³-hybridized carbons (Fsp3) is 0.833. The molecule has 2 atom stereocenters. The van der Waals surface area contributed by atoms with E-state index in [9.17, 15) is 14.7 Å². The van der Waals surface area contributed by atoms with Crippen LogP contribution in [0.4, 0.5) is 0 Å². The van der Waals surface area contributed by atoms with Crippen LogP contribution in [0.15, 0.2) is 0 Å². The predicted molar refractivity (Wildman–Crippen MR) is 55.4 cm³/mol. The van der Waals surface area contributed by atoms with Crippen LogP contribution in [0.1, 0.15) is 46.5 Å². The van der Waals surface area contributed by atoms with E-state index >= 15 is 0 Å². The maximum absolute atomic E-state index is 12.0. The Morgan fingerprint density at radius 2 is 1.87 bits per heavy atom. The Morgan fingerprint density at radius 1 is 1.27 bits per heavy atom. The Hall–Kier alpha value is -0.860. The summed E-state index contributed by atoms with van der Waals surface area (Å²) in [5.74, 6) is -0.641. The molecule has 0 radical (unpaired) electrons. The second-order valence-corrected chi connectivity index (χ2v) is 6.08. The first-order valence-electron chi connectivity index (χ1n) is 5.50. The van der Waals surface area contributed by atoms with E-state index in [1.807, 2.05) is 20.8 Å². The number of carboxylic acid groups (broad SMARTS) is 1. The number of fused-ring (bicyclic) bond motifs is 3. The van der Waals surface area contributed by atoms with Crippen molar-refractivity contribution in [1.82, 2.24) is 0 Å². The second-order valence-electron chi connectivity index (χ2n) is 6.08. The zero-order valence-electron chi connectivity index (χ0n) is 9.59. The van der Waals surface area contributed by atoms with Gasteiger partial charge < -0.3 is 5.11 Å². The largest absolute Gasteiger partial charge is 0.481 e. The summed E-state index contributed by atoms with van der Waals surface area (Å²) >= 11 is 0. The molecular formula is C12H18O3. The molecule has 0 amide bonds. The number of rotatable bonds is 1. The minimum absolute atomic E-state index is 0.146. The summed E-state index contributed by atoms with van der Waals surface area (Å²) < 4.78 is 0. The van der Waals surface area contributed by atoms with Crippen molar-refractivity contribution in [3.05, 3.63) is 0 Å². The first-order chi connectivity index (χ1) is 6.74. The van der Waals surface area contributed by atoms with Crippen LogP contribution in [0.3, 0.4) is 0 Å². The molecule has 3 fully saturated rings. The average molecular weight is 210 g/mol.